The van der Waals surface area contributed by atoms with Gasteiger partial charge >= 0.3 is 11.7 Å². The van der Waals surface area contributed by atoms with Crippen molar-refractivity contribution in [3.8, 4) is 5.69 Å². The summed E-state index contributed by atoms with van der Waals surface area (Å²) >= 11 is 6.08. The van der Waals surface area contributed by atoms with Crippen LogP contribution in [-0.4, -0.2) is 50.8 Å². The fourth-order valence-corrected chi connectivity index (χ4v) is 4.32. The minimum absolute atomic E-state index is 0.0840. The Bertz CT molecular complexity index is 1350. The molecule has 4 rings (SSSR count). The molecule has 1 atom stereocenters. The Hall–Kier alpha value is -3.72. The number of benzene rings is 2. The number of rotatable bonds is 6. The predicted molar refractivity (Wildman–Crippen MR) is 130 cm³/mol. The Kier molecular flexibility index (Phi) is 7.45. The molecule has 1 aromatic heterocycles. The van der Waals surface area contributed by atoms with Crippen LogP contribution in [0.2, 0.25) is 5.02 Å². The van der Waals surface area contributed by atoms with E-state index in [1.807, 2.05) is 0 Å². The summed E-state index contributed by atoms with van der Waals surface area (Å²) in [7, 11) is 0. The number of esters is 1. The van der Waals surface area contributed by atoms with Crippen molar-refractivity contribution in [2.75, 3.05) is 19.7 Å². The molecule has 0 bridgehead atoms. The van der Waals surface area contributed by atoms with Crippen LogP contribution < -0.4 is 11.2 Å². The van der Waals surface area contributed by atoms with Crippen molar-refractivity contribution in [2.24, 2.45) is 5.92 Å². The van der Waals surface area contributed by atoms with Gasteiger partial charge in [-0.15, -0.1) is 0 Å². The molecule has 0 N–H and O–H groups in total. The molecular weight excluding hydrogens is 472 g/mol. The molecule has 1 aliphatic heterocycles. The summed E-state index contributed by atoms with van der Waals surface area (Å²) in [5.74, 6) is -1.47. The van der Waals surface area contributed by atoms with Crippen molar-refractivity contribution in [3.05, 3.63) is 91.7 Å². The standard InChI is InChI=1S/C25H25ClN4O5/c1-2-35-24(33)18-9-7-13-28(16-18)22(31)21-23(32)29(15-17-8-6-10-19(26)14-17)25(34)30(27-21)20-11-4-3-5-12-20/h3-6,8,10-12,14,18H,2,7,9,13,15-16H2,1H3/t18-/m1/s1. The highest BCUT2D eigenvalue weighted by molar-refractivity contribution is 6.30. The lowest BCUT2D eigenvalue weighted by Crippen LogP contribution is -2.49. The number of aromatic nitrogens is 3. The third kappa shape index (κ3) is 5.35. The Morgan fingerprint density at radius 1 is 1.11 bits per heavy atom. The van der Waals surface area contributed by atoms with Crippen LogP contribution >= 0.6 is 11.6 Å². The number of carbonyl (C=O) groups is 2. The maximum atomic E-state index is 13.5. The zero-order chi connectivity index (χ0) is 24.9. The van der Waals surface area contributed by atoms with Crippen molar-refractivity contribution in [1.82, 2.24) is 19.2 Å². The van der Waals surface area contributed by atoms with Gasteiger partial charge in [0.2, 0.25) is 5.69 Å². The van der Waals surface area contributed by atoms with E-state index >= 15 is 0 Å². The van der Waals surface area contributed by atoms with Crippen LogP contribution in [0.4, 0.5) is 0 Å². The first-order valence-electron chi connectivity index (χ1n) is 11.4. The molecule has 9 nitrogen and oxygen atoms in total. The van der Waals surface area contributed by atoms with Gasteiger partial charge in [0, 0.05) is 18.1 Å². The maximum Gasteiger partial charge on any atom is 0.352 e. The highest BCUT2D eigenvalue weighted by Crippen LogP contribution is 2.19. The van der Waals surface area contributed by atoms with Gasteiger partial charge in [-0.3, -0.25) is 19.0 Å². The number of ether oxygens (including phenoxy) is 1. The fraction of sp³-hybridized carbons (Fsp3) is 0.320. The lowest BCUT2D eigenvalue weighted by Gasteiger charge is -2.31. The molecule has 2 aromatic carbocycles. The monoisotopic (exact) mass is 496 g/mol. The average Bonchev–Trinajstić information content (AvgIpc) is 2.87. The Balaban J connectivity index is 1.77. The zero-order valence-electron chi connectivity index (χ0n) is 19.2. The Morgan fingerprint density at radius 3 is 2.60 bits per heavy atom. The van der Waals surface area contributed by atoms with Gasteiger partial charge in [0.25, 0.3) is 11.5 Å². The van der Waals surface area contributed by atoms with E-state index in [-0.39, 0.29) is 31.4 Å². The molecule has 1 saturated heterocycles. The lowest BCUT2D eigenvalue weighted by atomic mass is 9.98. The number of amides is 1. The second-order valence-electron chi connectivity index (χ2n) is 8.24. The molecule has 0 unspecified atom stereocenters. The smallest absolute Gasteiger partial charge is 0.352 e. The number of hydrogen-bond acceptors (Lipinski definition) is 6. The highest BCUT2D eigenvalue weighted by Gasteiger charge is 2.32. The molecule has 35 heavy (non-hydrogen) atoms. The SMILES string of the molecule is CCOC(=O)[C@@H]1CCCN(C(=O)c2nn(-c3ccccc3)c(=O)n(Cc3cccc(Cl)c3)c2=O)C1. The first-order chi connectivity index (χ1) is 16.9. The maximum absolute atomic E-state index is 13.5. The van der Waals surface area contributed by atoms with E-state index in [9.17, 15) is 19.2 Å². The summed E-state index contributed by atoms with van der Waals surface area (Å²) in [6.45, 7) is 2.38. The summed E-state index contributed by atoms with van der Waals surface area (Å²) < 4.78 is 7.14. The molecule has 182 valence electrons. The number of likely N-dealkylation sites (tertiary alicyclic amines) is 1. The highest BCUT2D eigenvalue weighted by atomic mass is 35.5. The average molecular weight is 497 g/mol. The number of para-hydroxylation sites is 1. The van der Waals surface area contributed by atoms with Gasteiger partial charge in [0.1, 0.15) is 0 Å². The summed E-state index contributed by atoms with van der Waals surface area (Å²) in [5, 5.41) is 4.64. The van der Waals surface area contributed by atoms with E-state index in [0.29, 0.717) is 35.7 Å². The van der Waals surface area contributed by atoms with Crippen LogP contribution in [0.25, 0.3) is 5.69 Å². The van der Waals surface area contributed by atoms with Gasteiger partial charge in [-0.05, 0) is 49.6 Å². The number of piperidine rings is 1. The van der Waals surface area contributed by atoms with E-state index in [1.165, 1.54) is 4.90 Å². The molecule has 1 fully saturated rings. The van der Waals surface area contributed by atoms with Crippen molar-refractivity contribution in [2.45, 2.75) is 26.3 Å². The minimum Gasteiger partial charge on any atom is -0.466 e. The molecule has 3 aromatic rings. The minimum atomic E-state index is -0.801. The Morgan fingerprint density at radius 2 is 1.89 bits per heavy atom. The van der Waals surface area contributed by atoms with Crippen LogP contribution in [-0.2, 0) is 16.1 Å². The summed E-state index contributed by atoms with van der Waals surface area (Å²) in [4.78, 5) is 53.8. The lowest BCUT2D eigenvalue weighted by molar-refractivity contribution is -0.149. The van der Waals surface area contributed by atoms with Gasteiger partial charge in [-0.25, -0.2) is 4.79 Å². The zero-order valence-corrected chi connectivity index (χ0v) is 20.0. The number of hydrogen-bond donors (Lipinski definition) is 0. The van der Waals surface area contributed by atoms with Crippen molar-refractivity contribution >= 4 is 23.5 Å². The van der Waals surface area contributed by atoms with Crippen LogP contribution in [0, 0.1) is 5.92 Å². The van der Waals surface area contributed by atoms with E-state index in [1.54, 1.807) is 61.5 Å². The molecule has 0 aliphatic carbocycles. The second-order valence-corrected chi connectivity index (χ2v) is 8.68. The quantitative estimate of drug-likeness (QED) is 0.486. The van der Waals surface area contributed by atoms with E-state index in [4.69, 9.17) is 16.3 Å². The van der Waals surface area contributed by atoms with Crippen molar-refractivity contribution in [3.63, 3.8) is 0 Å². The predicted octanol–water partition coefficient (Wildman–Crippen LogP) is 2.51. The van der Waals surface area contributed by atoms with Gasteiger partial charge in [0.05, 0.1) is 24.8 Å². The summed E-state index contributed by atoms with van der Waals surface area (Å²) in [6, 6.07) is 15.4. The van der Waals surface area contributed by atoms with Crippen LogP contribution in [0.5, 0.6) is 0 Å². The first kappa shape index (κ1) is 24.4. The molecule has 1 amide bonds. The van der Waals surface area contributed by atoms with E-state index < -0.39 is 23.1 Å². The topological polar surface area (TPSA) is 104 Å². The van der Waals surface area contributed by atoms with Crippen molar-refractivity contribution in [1.29, 1.82) is 0 Å². The normalized spacial score (nSPS) is 15.6. The largest absolute Gasteiger partial charge is 0.466 e. The molecular formula is C25H25ClN4O5. The van der Waals surface area contributed by atoms with E-state index in [0.717, 1.165) is 9.25 Å². The number of nitrogens with zero attached hydrogens (tertiary/aromatic N) is 4. The van der Waals surface area contributed by atoms with Gasteiger partial charge in [-0.1, -0.05) is 41.9 Å². The number of halogens is 1. The van der Waals surface area contributed by atoms with Gasteiger partial charge in [-0.2, -0.15) is 9.78 Å². The summed E-state index contributed by atoms with van der Waals surface area (Å²) in [5.41, 5.74) is -0.832. The van der Waals surface area contributed by atoms with Crippen LogP contribution in [0.1, 0.15) is 35.8 Å². The molecule has 10 heteroatoms. The molecule has 0 saturated carbocycles. The van der Waals surface area contributed by atoms with Crippen molar-refractivity contribution < 1.29 is 14.3 Å². The summed E-state index contributed by atoms with van der Waals surface area (Å²) in [6.07, 6.45) is 1.18. The van der Waals surface area contributed by atoms with Gasteiger partial charge in [0.15, 0.2) is 0 Å². The molecule has 1 aliphatic rings. The fourth-order valence-electron chi connectivity index (χ4n) is 4.11. The molecule has 0 spiro atoms. The molecule has 0 radical (unpaired) electrons. The number of carbonyl (C=O) groups excluding carboxylic acids is 2. The van der Waals surface area contributed by atoms with E-state index in [2.05, 4.69) is 5.10 Å². The van der Waals surface area contributed by atoms with Gasteiger partial charge < -0.3 is 9.64 Å². The Labute approximate surface area is 206 Å². The third-order valence-electron chi connectivity index (χ3n) is 5.82. The third-order valence-corrected chi connectivity index (χ3v) is 6.06. The van der Waals surface area contributed by atoms with Crippen LogP contribution in [0.3, 0.4) is 0 Å². The first-order valence-corrected chi connectivity index (χ1v) is 11.8. The molecule has 2 heterocycles. The van der Waals surface area contributed by atoms with Crippen LogP contribution in [0.15, 0.2) is 64.2 Å². The second kappa shape index (κ2) is 10.7.